The molecular weight excluding hydrogens is 722 g/mol. The minimum atomic E-state index is -1.79. The van der Waals surface area contributed by atoms with Crippen LogP contribution in [0.2, 0.25) is 0 Å². The summed E-state index contributed by atoms with van der Waals surface area (Å²) in [6, 6.07) is -1.02. The largest absolute Gasteiger partial charge is 0.479 e. The van der Waals surface area contributed by atoms with Gasteiger partial charge in [-0.25, -0.2) is 4.79 Å². The summed E-state index contributed by atoms with van der Waals surface area (Å²) in [5.74, 6) is -1.51. The number of aliphatic hydroxyl groups is 3. The highest BCUT2D eigenvalue weighted by Gasteiger charge is 2.60. The minimum absolute atomic E-state index is 0.0564. The highest BCUT2D eigenvalue weighted by atomic mass is 16.7. The Balaban J connectivity index is 1.01. The standard InChI is InChI=1S/C39H57NO15/c1-18-29(40-19(2)41)33(54-37-32(47)31(46)34(50-5)35(55-37)36(48)49)30(45)25(52-18)17-51-27(43)10-11-28(44)53-26-9-8-23-22-7-6-20-16-21(42)12-14-38(20,3)24(22)13-15-39(23,26)4/h16,18,22-26,29-35,37,45-47H,6-15,17H2,1-5H3,(H,40,41)(H,48,49)/t18?,22-,23-,24-,25?,26-,29?,30?,31?,32?,33?,34?,35?,37?,38-,39-/m0/s1. The summed E-state index contributed by atoms with van der Waals surface area (Å²) >= 11 is 0. The quantitative estimate of drug-likeness (QED) is 0.186. The van der Waals surface area contributed by atoms with Crippen molar-refractivity contribution in [3.63, 3.8) is 0 Å². The third-order valence-corrected chi connectivity index (χ3v) is 13.8. The van der Waals surface area contributed by atoms with Crippen LogP contribution in [0.5, 0.6) is 0 Å². The van der Waals surface area contributed by atoms with Crippen LogP contribution >= 0.6 is 0 Å². The second-order valence-electron chi connectivity index (χ2n) is 16.9. The van der Waals surface area contributed by atoms with Gasteiger partial charge in [-0.15, -0.1) is 0 Å². The first-order valence-corrected chi connectivity index (χ1v) is 19.6. The number of ether oxygens (including phenoxy) is 6. The number of fused-ring (bicyclic) bond motifs is 5. The maximum absolute atomic E-state index is 13.1. The van der Waals surface area contributed by atoms with Crippen molar-refractivity contribution in [1.82, 2.24) is 5.32 Å². The van der Waals surface area contributed by atoms with E-state index in [1.807, 2.05) is 6.08 Å². The highest BCUT2D eigenvalue weighted by Crippen LogP contribution is 2.65. The van der Waals surface area contributed by atoms with E-state index in [4.69, 9.17) is 28.4 Å². The Bertz CT molecular complexity index is 1520. The molecular formula is C39H57NO15. The SMILES string of the molecule is COC1C(C(=O)O)OC(OC2C(O)C(COC(=O)CCC(=O)O[C@H]3CC[C@H]4[C@@H]5CCC6=CC(=O)CC[C@]6(C)[C@H]5CC[C@]34C)OC(C)C2NC(C)=O)C(O)C1O. The van der Waals surface area contributed by atoms with Gasteiger partial charge in [0, 0.05) is 25.9 Å². The lowest BCUT2D eigenvalue weighted by atomic mass is 9.47. The molecule has 5 fully saturated rings. The van der Waals surface area contributed by atoms with Gasteiger partial charge in [0.1, 0.15) is 49.3 Å². The Morgan fingerprint density at radius 3 is 2.33 bits per heavy atom. The van der Waals surface area contributed by atoms with Crippen LogP contribution in [0.1, 0.15) is 91.9 Å². The number of carboxylic acid groups (broad SMARTS) is 1. The first-order valence-electron chi connectivity index (χ1n) is 19.6. The van der Waals surface area contributed by atoms with E-state index in [1.54, 1.807) is 6.92 Å². The van der Waals surface area contributed by atoms with E-state index in [1.165, 1.54) is 12.5 Å². The molecule has 0 aromatic heterocycles. The number of methoxy groups -OCH3 is 1. The maximum Gasteiger partial charge on any atom is 0.335 e. The molecule has 2 saturated heterocycles. The van der Waals surface area contributed by atoms with E-state index >= 15 is 0 Å². The van der Waals surface area contributed by atoms with Gasteiger partial charge in [0.15, 0.2) is 18.2 Å². The van der Waals surface area contributed by atoms with Crippen molar-refractivity contribution in [3.05, 3.63) is 11.6 Å². The van der Waals surface area contributed by atoms with E-state index in [9.17, 15) is 44.4 Å². The van der Waals surface area contributed by atoms with Crippen LogP contribution in [0.15, 0.2) is 11.6 Å². The fourth-order valence-corrected chi connectivity index (χ4v) is 10.8. The third kappa shape index (κ3) is 8.10. The smallest absolute Gasteiger partial charge is 0.335 e. The highest BCUT2D eigenvalue weighted by molar-refractivity contribution is 5.91. The van der Waals surface area contributed by atoms with Crippen molar-refractivity contribution in [2.24, 2.45) is 28.6 Å². The van der Waals surface area contributed by atoms with Crippen molar-refractivity contribution < 1.29 is 72.8 Å². The average Bonchev–Trinajstić information content (AvgIpc) is 3.46. The lowest BCUT2D eigenvalue weighted by molar-refractivity contribution is -0.327. The van der Waals surface area contributed by atoms with Crippen LogP contribution in [-0.4, -0.2) is 131 Å². The van der Waals surface area contributed by atoms with Crippen LogP contribution in [-0.2, 0) is 52.4 Å². The van der Waals surface area contributed by atoms with Gasteiger partial charge in [0.2, 0.25) is 5.91 Å². The van der Waals surface area contributed by atoms with Gasteiger partial charge in [-0.3, -0.25) is 19.2 Å². The summed E-state index contributed by atoms with van der Waals surface area (Å²) in [6.07, 6.45) is -5.04. The summed E-state index contributed by atoms with van der Waals surface area (Å²) in [6.45, 7) is 6.92. The first-order chi connectivity index (χ1) is 26.0. The molecule has 1 amide bonds. The van der Waals surface area contributed by atoms with Crippen LogP contribution in [0, 0.1) is 28.6 Å². The molecule has 2 heterocycles. The molecule has 5 N–H and O–H groups in total. The lowest BCUT2D eigenvalue weighted by Gasteiger charge is -2.57. The molecule has 16 nitrogen and oxygen atoms in total. The van der Waals surface area contributed by atoms with E-state index in [0.717, 1.165) is 52.1 Å². The molecule has 0 spiro atoms. The van der Waals surface area contributed by atoms with Gasteiger partial charge in [-0.1, -0.05) is 19.4 Å². The second-order valence-corrected chi connectivity index (χ2v) is 16.9. The molecule has 0 aromatic rings. The number of hydrogen-bond acceptors (Lipinski definition) is 14. The van der Waals surface area contributed by atoms with Crippen molar-refractivity contribution in [1.29, 1.82) is 0 Å². The van der Waals surface area contributed by atoms with Crippen molar-refractivity contribution in [3.8, 4) is 0 Å². The van der Waals surface area contributed by atoms with Crippen molar-refractivity contribution in [2.75, 3.05) is 13.7 Å². The molecule has 0 aromatic carbocycles. The van der Waals surface area contributed by atoms with E-state index < -0.39 is 91.6 Å². The monoisotopic (exact) mass is 779 g/mol. The molecule has 0 radical (unpaired) electrons. The van der Waals surface area contributed by atoms with Gasteiger partial charge in [0.05, 0.1) is 25.0 Å². The zero-order valence-electron chi connectivity index (χ0n) is 32.2. The summed E-state index contributed by atoms with van der Waals surface area (Å²) in [7, 11) is 1.15. The van der Waals surface area contributed by atoms with Crippen LogP contribution < -0.4 is 5.32 Å². The maximum atomic E-state index is 13.1. The first kappa shape index (κ1) is 41.6. The summed E-state index contributed by atoms with van der Waals surface area (Å²) in [4.78, 5) is 62.0. The molecule has 3 saturated carbocycles. The number of amides is 1. The van der Waals surface area contributed by atoms with E-state index in [2.05, 4.69) is 19.2 Å². The van der Waals surface area contributed by atoms with Gasteiger partial charge < -0.3 is 54.2 Å². The average molecular weight is 780 g/mol. The normalized spacial score (nSPS) is 43.9. The van der Waals surface area contributed by atoms with Gasteiger partial charge >= 0.3 is 17.9 Å². The zero-order valence-corrected chi connectivity index (χ0v) is 32.2. The molecule has 55 heavy (non-hydrogen) atoms. The fourth-order valence-electron chi connectivity index (χ4n) is 10.8. The number of esters is 2. The number of carbonyl (C=O) groups is 5. The van der Waals surface area contributed by atoms with Gasteiger partial charge in [-0.2, -0.15) is 0 Å². The third-order valence-electron chi connectivity index (χ3n) is 13.8. The van der Waals surface area contributed by atoms with Crippen LogP contribution in [0.25, 0.3) is 0 Å². The molecule has 16 atom stereocenters. The molecule has 6 rings (SSSR count). The summed E-state index contributed by atoms with van der Waals surface area (Å²) < 4.78 is 33.6. The minimum Gasteiger partial charge on any atom is -0.479 e. The van der Waals surface area contributed by atoms with Gasteiger partial charge in [0.25, 0.3) is 0 Å². The Hall–Kier alpha value is -2.99. The molecule has 0 bridgehead atoms. The molecule has 16 heteroatoms. The Labute approximate surface area is 320 Å². The zero-order chi connectivity index (χ0) is 40.0. The fraction of sp³-hybridized carbons (Fsp3) is 0.821. The number of rotatable bonds is 11. The van der Waals surface area contributed by atoms with E-state index in [0.29, 0.717) is 24.2 Å². The Morgan fingerprint density at radius 1 is 0.909 bits per heavy atom. The number of allylic oxidation sites excluding steroid dienone is 1. The number of aliphatic hydroxyl groups excluding tert-OH is 3. The molecule has 2 aliphatic heterocycles. The molecule has 308 valence electrons. The second kappa shape index (κ2) is 16.5. The van der Waals surface area contributed by atoms with Crippen molar-refractivity contribution in [2.45, 2.75) is 159 Å². The van der Waals surface area contributed by atoms with Crippen molar-refractivity contribution >= 4 is 29.6 Å². The number of aliphatic carboxylic acids is 1. The van der Waals surface area contributed by atoms with Gasteiger partial charge in [-0.05, 0) is 81.1 Å². The topological polar surface area (TPSA) is 234 Å². The predicted molar refractivity (Wildman–Crippen MR) is 189 cm³/mol. The number of carboxylic acids is 1. The number of carbonyl (C=O) groups excluding carboxylic acids is 4. The van der Waals surface area contributed by atoms with Crippen LogP contribution in [0.4, 0.5) is 0 Å². The molecule has 6 aliphatic rings. The Kier molecular flexibility index (Phi) is 12.5. The molecule has 4 aliphatic carbocycles. The molecule has 10 unspecified atom stereocenters. The van der Waals surface area contributed by atoms with E-state index in [-0.39, 0.29) is 35.6 Å². The number of hydrogen-bond donors (Lipinski definition) is 5. The number of ketones is 1. The summed E-state index contributed by atoms with van der Waals surface area (Å²) in [5.41, 5.74) is 1.21. The number of nitrogens with one attached hydrogen (secondary N) is 1. The van der Waals surface area contributed by atoms with Crippen LogP contribution in [0.3, 0.4) is 0 Å². The lowest BCUT2D eigenvalue weighted by Crippen LogP contribution is -2.67. The Morgan fingerprint density at radius 2 is 1.64 bits per heavy atom. The summed E-state index contributed by atoms with van der Waals surface area (Å²) in [5, 5.41) is 44.8. The predicted octanol–water partition coefficient (Wildman–Crippen LogP) is 1.34.